The van der Waals surface area contributed by atoms with Gasteiger partial charge in [-0.05, 0) is 6.92 Å². The summed E-state index contributed by atoms with van der Waals surface area (Å²) in [6, 6.07) is -0.685. The van der Waals surface area contributed by atoms with Gasteiger partial charge in [-0.15, -0.1) is 0 Å². The van der Waals surface area contributed by atoms with E-state index in [1.807, 2.05) is 0 Å². The second kappa shape index (κ2) is 3.04. The zero-order valence-corrected chi connectivity index (χ0v) is 6.18. The third-order valence-corrected chi connectivity index (χ3v) is 1.91. The molecule has 0 aromatic heterocycles. The van der Waals surface area contributed by atoms with E-state index in [1.165, 1.54) is 0 Å². The average molecular weight is 162 g/mol. The summed E-state index contributed by atoms with van der Waals surface area (Å²) in [5, 5.41) is 28.9. The van der Waals surface area contributed by atoms with E-state index in [9.17, 15) is 5.11 Å². The van der Waals surface area contributed by atoms with E-state index in [0.717, 1.165) is 0 Å². The van der Waals surface area contributed by atoms with Crippen LogP contribution < -0.4 is 10.8 Å². The highest BCUT2D eigenvalue weighted by Gasteiger charge is 2.35. The molecule has 0 spiro atoms. The zero-order valence-electron chi connectivity index (χ0n) is 6.18. The van der Waals surface area contributed by atoms with Crippen molar-refractivity contribution in [3.05, 3.63) is 0 Å². The molecule has 1 rings (SSSR count). The molecule has 1 aliphatic heterocycles. The van der Waals surface area contributed by atoms with E-state index in [0.29, 0.717) is 0 Å². The molecular formula is C6H12NO4-. The highest BCUT2D eigenvalue weighted by Crippen LogP contribution is 2.15. The van der Waals surface area contributed by atoms with Crippen LogP contribution in [0.25, 0.3) is 0 Å². The first-order valence-electron chi connectivity index (χ1n) is 3.47. The van der Waals surface area contributed by atoms with Gasteiger partial charge in [0.05, 0.1) is 24.4 Å². The number of aliphatic hydroxyl groups is 2. The first-order chi connectivity index (χ1) is 5.04. The van der Waals surface area contributed by atoms with Crippen LogP contribution in [0.5, 0.6) is 0 Å². The van der Waals surface area contributed by atoms with E-state index in [1.54, 1.807) is 6.92 Å². The smallest absolute Gasteiger partial charge is 0.0986 e. The quantitative estimate of drug-likeness (QED) is 0.356. The van der Waals surface area contributed by atoms with Crippen molar-refractivity contribution in [2.75, 3.05) is 0 Å². The Hall–Kier alpha value is -0.200. The minimum absolute atomic E-state index is 0.504. The summed E-state index contributed by atoms with van der Waals surface area (Å²) in [5.74, 6) is 0. The summed E-state index contributed by atoms with van der Waals surface area (Å²) in [6.45, 7) is 1.59. The molecule has 1 fully saturated rings. The summed E-state index contributed by atoms with van der Waals surface area (Å²) < 4.78 is 4.69. The standard InChI is InChI=1S/C6H12NO4/c1-2-3(7)4(8)5(9)6(10)11-2/h2-6,8-9H,7H2,1H3/q-1/t2-,3-,4+,5-,6?/m1/s1. The molecule has 5 heteroatoms. The largest absolute Gasteiger partial charge is 0.829 e. The molecule has 5 nitrogen and oxygen atoms in total. The molecule has 0 aromatic rings. The number of ether oxygens (including phenoxy) is 1. The third-order valence-electron chi connectivity index (χ3n) is 1.91. The fourth-order valence-corrected chi connectivity index (χ4v) is 1.05. The molecule has 0 saturated carbocycles. The SMILES string of the molecule is C[C@H]1OC([O-])[C@H](O)[C@@H](O)[C@@H]1N. The van der Waals surface area contributed by atoms with E-state index >= 15 is 0 Å². The van der Waals surface area contributed by atoms with Crippen LogP contribution in [0, 0.1) is 0 Å². The van der Waals surface area contributed by atoms with E-state index in [4.69, 9.17) is 20.7 Å². The summed E-state index contributed by atoms with van der Waals surface area (Å²) in [7, 11) is 0. The maximum absolute atomic E-state index is 10.8. The highest BCUT2D eigenvalue weighted by atomic mass is 16.6. The van der Waals surface area contributed by atoms with Gasteiger partial charge >= 0.3 is 0 Å². The van der Waals surface area contributed by atoms with Crippen molar-refractivity contribution < 1.29 is 20.1 Å². The Kier molecular flexibility index (Phi) is 2.46. The van der Waals surface area contributed by atoms with Gasteiger partial charge in [-0.1, -0.05) is 0 Å². The van der Waals surface area contributed by atoms with Gasteiger partial charge in [-0.3, -0.25) is 0 Å². The van der Waals surface area contributed by atoms with Crippen molar-refractivity contribution in [2.45, 2.75) is 37.6 Å². The molecular weight excluding hydrogens is 150 g/mol. The first kappa shape index (κ1) is 8.89. The van der Waals surface area contributed by atoms with Crippen LogP contribution in [-0.4, -0.2) is 40.9 Å². The minimum Gasteiger partial charge on any atom is -0.829 e. The third kappa shape index (κ3) is 1.52. The van der Waals surface area contributed by atoms with Crippen LogP contribution in [0.3, 0.4) is 0 Å². The van der Waals surface area contributed by atoms with Gasteiger partial charge < -0.3 is 25.8 Å². The van der Waals surface area contributed by atoms with Crippen LogP contribution >= 0.6 is 0 Å². The Labute approximate surface area is 64.4 Å². The van der Waals surface area contributed by atoms with Crippen LogP contribution in [-0.2, 0) is 4.74 Å². The summed E-state index contributed by atoms with van der Waals surface area (Å²) in [6.07, 6.45) is -4.68. The first-order valence-corrected chi connectivity index (χ1v) is 3.47. The molecule has 11 heavy (non-hydrogen) atoms. The van der Waals surface area contributed by atoms with Gasteiger partial charge in [-0.25, -0.2) is 0 Å². The predicted molar refractivity (Wildman–Crippen MR) is 34.3 cm³/mol. The maximum atomic E-state index is 10.8. The molecule has 0 bridgehead atoms. The van der Waals surface area contributed by atoms with Crippen LogP contribution in [0.2, 0.25) is 0 Å². The van der Waals surface area contributed by atoms with Crippen LogP contribution in [0.15, 0.2) is 0 Å². The predicted octanol–water partition coefficient (Wildman–Crippen LogP) is -2.86. The van der Waals surface area contributed by atoms with Crippen molar-refractivity contribution in [3.63, 3.8) is 0 Å². The minimum atomic E-state index is -1.58. The second-order valence-electron chi connectivity index (χ2n) is 2.77. The number of aliphatic hydroxyl groups excluding tert-OH is 2. The summed E-state index contributed by atoms with van der Waals surface area (Å²) in [4.78, 5) is 0. The number of hydrogen-bond donors (Lipinski definition) is 3. The Bertz CT molecular complexity index is 129. The van der Waals surface area contributed by atoms with Crippen molar-refractivity contribution in [2.24, 2.45) is 5.73 Å². The Morgan fingerprint density at radius 1 is 1.36 bits per heavy atom. The van der Waals surface area contributed by atoms with Crippen molar-refractivity contribution in [3.8, 4) is 0 Å². The fraction of sp³-hybridized carbons (Fsp3) is 1.00. The van der Waals surface area contributed by atoms with Gasteiger partial charge in [0.1, 0.15) is 0 Å². The highest BCUT2D eigenvalue weighted by molar-refractivity contribution is 4.88. The molecule has 0 aliphatic carbocycles. The molecule has 1 aliphatic rings. The van der Waals surface area contributed by atoms with Gasteiger partial charge in [0.2, 0.25) is 0 Å². The number of hydrogen-bond acceptors (Lipinski definition) is 5. The molecule has 1 saturated heterocycles. The number of rotatable bonds is 0. The van der Waals surface area contributed by atoms with E-state index in [2.05, 4.69) is 0 Å². The zero-order chi connectivity index (χ0) is 8.59. The second-order valence-corrected chi connectivity index (χ2v) is 2.77. The monoisotopic (exact) mass is 162 g/mol. The van der Waals surface area contributed by atoms with Crippen molar-refractivity contribution >= 4 is 0 Å². The van der Waals surface area contributed by atoms with E-state index < -0.39 is 30.6 Å². The lowest BCUT2D eigenvalue weighted by Crippen LogP contribution is -2.63. The van der Waals surface area contributed by atoms with Gasteiger partial charge in [0.25, 0.3) is 0 Å². The van der Waals surface area contributed by atoms with Crippen LogP contribution in [0.1, 0.15) is 6.92 Å². The Balaban J connectivity index is 2.63. The molecule has 0 radical (unpaired) electrons. The lowest BCUT2D eigenvalue weighted by Gasteiger charge is -2.43. The Morgan fingerprint density at radius 2 is 1.91 bits per heavy atom. The molecule has 1 heterocycles. The van der Waals surface area contributed by atoms with Crippen LogP contribution in [0.4, 0.5) is 0 Å². The van der Waals surface area contributed by atoms with Gasteiger partial charge in [-0.2, -0.15) is 0 Å². The fourth-order valence-electron chi connectivity index (χ4n) is 1.05. The molecule has 5 atom stereocenters. The lowest BCUT2D eigenvalue weighted by atomic mass is 9.98. The Morgan fingerprint density at radius 3 is 2.45 bits per heavy atom. The normalized spacial score (nSPS) is 52.6. The molecule has 0 amide bonds. The molecule has 0 aromatic carbocycles. The maximum Gasteiger partial charge on any atom is 0.0986 e. The average Bonchev–Trinajstić information content (AvgIpc) is 1.97. The molecule has 4 N–H and O–H groups in total. The van der Waals surface area contributed by atoms with Crippen molar-refractivity contribution in [1.29, 1.82) is 0 Å². The summed E-state index contributed by atoms with van der Waals surface area (Å²) >= 11 is 0. The van der Waals surface area contributed by atoms with Gasteiger partial charge in [0.15, 0.2) is 0 Å². The molecule has 1 unspecified atom stereocenters. The van der Waals surface area contributed by atoms with Crippen molar-refractivity contribution in [1.82, 2.24) is 0 Å². The number of nitrogens with two attached hydrogens (primary N) is 1. The summed E-state index contributed by atoms with van der Waals surface area (Å²) in [5.41, 5.74) is 5.40. The topological polar surface area (TPSA) is 98.8 Å². The molecule has 66 valence electrons. The lowest BCUT2D eigenvalue weighted by molar-refractivity contribution is -0.527. The van der Waals surface area contributed by atoms with Gasteiger partial charge in [0, 0.05) is 6.29 Å². The van der Waals surface area contributed by atoms with E-state index in [-0.39, 0.29) is 0 Å².